The zero-order valence-corrected chi connectivity index (χ0v) is 23.0. The molecule has 8 nitrogen and oxygen atoms in total. The third-order valence-electron chi connectivity index (χ3n) is 8.32. The van der Waals surface area contributed by atoms with Crippen molar-refractivity contribution >= 4 is 21.7 Å². The maximum atomic E-state index is 13.5. The first-order valence-electron chi connectivity index (χ1n) is 13.4. The standard InChI is InChI=1S/C30H33N3O5S.2H2/c1-29(2)19-38-26-13-10-21(17-24(26)29)30(14-15-30)28(35)32-27-7-3-6-25(31-27)20-8-11-23(12-9-20)39(36,37)33-16-4-5-22(33)18-34;;/h3,6-13,17,22,34H,4-5,14-16,18-19H2,1-2H3,(H,31,32,35);2*1H/t22-;;/m1../s1. The largest absolute Gasteiger partial charge is 0.492 e. The number of amides is 1. The molecule has 1 saturated heterocycles. The van der Waals surface area contributed by atoms with Gasteiger partial charge in [0.2, 0.25) is 15.9 Å². The van der Waals surface area contributed by atoms with Gasteiger partial charge in [-0.1, -0.05) is 44.2 Å². The summed E-state index contributed by atoms with van der Waals surface area (Å²) in [6, 6.07) is 17.7. The molecule has 1 aromatic heterocycles. The number of nitrogens with one attached hydrogen (secondary N) is 1. The highest BCUT2D eigenvalue weighted by atomic mass is 32.2. The van der Waals surface area contributed by atoms with Gasteiger partial charge in [-0.15, -0.1) is 0 Å². The van der Waals surface area contributed by atoms with E-state index in [0.717, 1.165) is 41.7 Å². The minimum Gasteiger partial charge on any atom is -0.492 e. The van der Waals surface area contributed by atoms with E-state index >= 15 is 0 Å². The van der Waals surface area contributed by atoms with Crippen LogP contribution in [-0.2, 0) is 25.6 Å². The summed E-state index contributed by atoms with van der Waals surface area (Å²) in [5.41, 5.74) is 2.87. The number of anilines is 1. The van der Waals surface area contributed by atoms with Gasteiger partial charge in [-0.3, -0.25) is 4.79 Å². The van der Waals surface area contributed by atoms with Gasteiger partial charge in [0.15, 0.2) is 0 Å². The summed E-state index contributed by atoms with van der Waals surface area (Å²) in [4.78, 5) is 18.3. The molecule has 2 fully saturated rings. The predicted molar refractivity (Wildman–Crippen MR) is 152 cm³/mol. The second-order valence-corrected chi connectivity index (χ2v) is 13.3. The normalized spacial score (nSPS) is 21.3. The Morgan fingerprint density at radius 3 is 2.64 bits per heavy atom. The van der Waals surface area contributed by atoms with Gasteiger partial charge in [-0.05, 0) is 61.6 Å². The van der Waals surface area contributed by atoms with Gasteiger partial charge in [0, 0.05) is 32.0 Å². The number of ether oxygens (including phenoxy) is 1. The van der Waals surface area contributed by atoms with Gasteiger partial charge in [0.1, 0.15) is 11.6 Å². The van der Waals surface area contributed by atoms with Crippen molar-refractivity contribution in [1.29, 1.82) is 0 Å². The maximum Gasteiger partial charge on any atom is 0.243 e. The molecule has 1 atom stereocenters. The third-order valence-corrected chi connectivity index (χ3v) is 10.3. The lowest BCUT2D eigenvalue weighted by atomic mass is 9.83. The molecule has 1 aliphatic carbocycles. The lowest BCUT2D eigenvalue weighted by Gasteiger charge is -2.22. The molecule has 6 rings (SSSR count). The van der Waals surface area contributed by atoms with Crippen molar-refractivity contribution in [3.63, 3.8) is 0 Å². The highest BCUT2D eigenvalue weighted by molar-refractivity contribution is 7.89. The molecule has 1 saturated carbocycles. The van der Waals surface area contributed by atoms with Crippen molar-refractivity contribution in [3.05, 3.63) is 71.8 Å². The zero-order chi connectivity index (χ0) is 27.4. The van der Waals surface area contributed by atoms with E-state index in [1.165, 1.54) is 4.31 Å². The number of benzene rings is 2. The van der Waals surface area contributed by atoms with Crippen molar-refractivity contribution in [3.8, 4) is 17.0 Å². The molecule has 0 bridgehead atoms. The van der Waals surface area contributed by atoms with Crippen LogP contribution >= 0.6 is 0 Å². The van der Waals surface area contributed by atoms with Gasteiger partial charge in [0.25, 0.3) is 0 Å². The number of aromatic nitrogens is 1. The summed E-state index contributed by atoms with van der Waals surface area (Å²) in [5, 5.41) is 12.6. The third kappa shape index (κ3) is 4.52. The van der Waals surface area contributed by atoms with Gasteiger partial charge in [-0.25, -0.2) is 13.4 Å². The Morgan fingerprint density at radius 2 is 1.92 bits per heavy atom. The topological polar surface area (TPSA) is 109 Å². The van der Waals surface area contributed by atoms with Crippen LogP contribution in [0.2, 0.25) is 0 Å². The average molecular weight is 552 g/mol. The first-order valence-corrected chi connectivity index (χ1v) is 14.9. The number of rotatable bonds is 7. The number of carbonyl (C=O) groups is 1. The number of carbonyl (C=O) groups excluding carboxylic acids is 1. The van der Waals surface area contributed by atoms with Gasteiger partial charge < -0.3 is 15.2 Å². The summed E-state index contributed by atoms with van der Waals surface area (Å²) in [7, 11) is -3.68. The SMILES string of the molecule is CC1(C)COc2ccc(C3(C(=O)Nc4cccc(-c5ccc(S(=O)(=O)N6CCC[C@@H]6CO)cc5)n4)CC3)cc21.[HH].[HH]. The van der Waals surface area contributed by atoms with Crippen molar-refractivity contribution < 1.29 is 25.9 Å². The molecule has 0 radical (unpaired) electrons. The first-order chi connectivity index (χ1) is 18.6. The van der Waals surface area contributed by atoms with E-state index in [9.17, 15) is 18.3 Å². The summed E-state index contributed by atoms with van der Waals surface area (Å²) in [6.45, 7) is 5.17. The highest BCUT2D eigenvalue weighted by Crippen LogP contribution is 2.51. The average Bonchev–Trinajstić information content (AvgIpc) is 3.50. The number of sulfonamides is 1. The molecule has 2 N–H and O–H groups in total. The van der Waals surface area contributed by atoms with E-state index in [4.69, 9.17) is 4.74 Å². The Hall–Kier alpha value is -3.27. The fourth-order valence-electron chi connectivity index (χ4n) is 5.73. The van der Waals surface area contributed by atoms with E-state index in [1.54, 1.807) is 30.3 Å². The van der Waals surface area contributed by atoms with Crippen LogP contribution in [0.25, 0.3) is 11.3 Å². The fourth-order valence-corrected chi connectivity index (χ4v) is 7.42. The van der Waals surface area contributed by atoms with E-state index in [1.807, 2.05) is 24.3 Å². The molecule has 2 aromatic carbocycles. The van der Waals surface area contributed by atoms with Crippen LogP contribution in [0.4, 0.5) is 5.82 Å². The van der Waals surface area contributed by atoms with Crippen LogP contribution < -0.4 is 10.1 Å². The van der Waals surface area contributed by atoms with Gasteiger partial charge >= 0.3 is 0 Å². The molecular weight excluding hydrogens is 514 g/mol. The Balaban J connectivity index is 0.00000194. The molecule has 39 heavy (non-hydrogen) atoms. The maximum absolute atomic E-state index is 13.5. The highest BCUT2D eigenvalue weighted by Gasteiger charge is 2.52. The summed E-state index contributed by atoms with van der Waals surface area (Å²) >= 11 is 0. The smallest absolute Gasteiger partial charge is 0.243 e. The number of aliphatic hydroxyl groups excluding tert-OH is 1. The predicted octanol–water partition coefficient (Wildman–Crippen LogP) is 4.73. The number of nitrogens with zero attached hydrogens (tertiary/aromatic N) is 2. The Morgan fingerprint density at radius 1 is 1.15 bits per heavy atom. The molecular formula is C30H37N3O5S. The number of hydrogen-bond donors (Lipinski definition) is 2. The molecule has 208 valence electrons. The summed E-state index contributed by atoms with van der Waals surface area (Å²) in [5.74, 6) is 1.27. The van der Waals surface area contributed by atoms with Crippen LogP contribution in [0, 0.1) is 0 Å². The van der Waals surface area contributed by atoms with Crippen LogP contribution in [0.5, 0.6) is 5.75 Å². The lowest BCUT2D eigenvalue weighted by Crippen LogP contribution is -2.37. The Bertz CT molecular complexity index is 1540. The molecule has 0 unspecified atom stereocenters. The molecule has 1 amide bonds. The second-order valence-electron chi connectivity index (χ2n) is 11.4. The quantitative estimate of drug-likeness (QED) is 0.440. The molecule has 2 aliphatic heterocycles. The Labute approximate surface area is 232 Å². The van der Waals surface area contributed by atoms with E-state index in [2.05, 4.69) is 30.2 Å². The number of hydrogen-bond acceptors (Lipinski definition) is 6. The molecule has 0 spiro atoms. The van der Waals surface area contributed by atoms with Crippen LogP contribution in [0.15, 0.2) is 65.6 Å². The number of fused-ring (bicyclic) bond motifs is 1. The molecule has 3 aromatic rings. The molecule has 3 heterocycles. The van der Waals surface area contributed by atoms with Crippen LogP contribution in [0.3, 0.4) is 0 Å². The summed E-state index contributed by atoms with van der Waals surface area (Å²) < 4.78 is 33.4. The number of pyridine rings is 1. The van der Waals surface area contributed by atoms with Gasteiger partial charge in [-0.2, -0.15) is 4.31 Å². The van der Waals surface area contributed by atoms with Crippen molar-refractivity contribution in [2.75, 3.05) is 25.1 Å². The zero-order valence-electron chi connectivity index (χ0n) is 22.2. The van der Waals surface area contributed by atoms with E-state index < -0.39 is 15.4 Å². The van der Waals surface area contributed by atoms with Gasteiger partial charge in [0.05, 0.1) is 29.2 Å². The molecule has 9 heteroatoms. The first kappa shape index (κ1) is 26.0. The van der Waals surface area contributed by atoms with Crippen molar-refractivity contribution in [1.82, 2.24) is 9.29 Å². The minimum atomic E-state index is -3.68. The van der Waals surface area contributed by atoms with Crippen LogP contribution in [0.1, 0.15) is 53.5 Å². The van der Waals surface area contributed by atoms with E-state index in [0.29, 0.717) is 31.1 Å². The summed E-state index contributed by atoms with van der Waals surface area (Å²) in [6.07, 6.45) is 2.97. The van der Waals surface area contributed by atoms with Crippen molar-refractivity contribution in [2.24, 2.45) is 0 Å². The second kappa shape index (κ2) is 9.43. The lowest BCUT2D eigenvalue weighted by molar-refractivity contribution is -0.118. The van der Waals surface area contributed by atoms with Crippen LogP contribution in [-0.4, -0.2) is 54.5 Å². The molecule has 3 aliphatic rings. The van der Waals surface area contributed by atoms with Crippen molar-refractivity contribution in [2.45, 2.75) is 61.3 Å². The number of aliphatic hydroxyl groups is 1. The monoisotopic (exact) mass is 551 g/mol. The fraction of sp³-hybridized carbons (Fsp3) is 0.400. The minimum absolute atomic E-state index is 0. The van der Waals surface area contributed by atoms with E-state index in [-0.39, 0.29) is 31.7 Å². The Kier molecular flexibility index (Phi) is 6.28.